The summed E-state index contributed by atoms with van der Waals surface area (Å²) in [6.07, 6.45) is 0. The quantitative estimate of drug-likeness (QED) is 0.0855. The summed E-state index contributed by atoms with van der Waals surface area (Å²) in [5.74, 6) is -1.57. The van der Waals surface area contributed by atoms with Crippen molar-refractivity contribution in [2.24, 2.45) is 0 Å². The van der Waals surface area contributed by atoms with Gasteiger partial charge in [-0.3, -0.25) is 19.2 Å². The molecule has 0 saturated carbocycles. The molecule has 15 heteroatoms. The maximum atomic E-state index is 9.59. The Kier molecular flexibility index (Phi) is 83.0. The van der Waals surface area contributed by atoms with Crippen molar-refractivity contribution >= 4 is 52.4 Å². The first-order valence-corrected chi connectivity index (χ1v) is 26.7. The van der Waals surface area contributed by atoms with E-state index in [0.29, 0.717) is 5.46 Å². The Balaban J connectivity index is -0.000000106. The number of ether oxygens (including phenoxy) is 3. The number of rotatable bonds is 4. The molecule has 0 amide bonds. The van der Waals surface area contributed by atoms with E-state index in [1.54, 1.807) is 24.3 Å². The molecule has 8 aromatic carbocycles. The topological polar surface area (TPSA) is 218 Å². The van der Waals surface area contributed by atoms with Gasteiger partial charge in [0.05, 0.1) is 21.3 Å². The summed E-state index contributed by atoms with van der Waals surface area (Å²) < 4.78 is 13.5. The summed E-state index contributed by atoms with van der Waals surface area (Å²) >= 11 is 3.31. The van der Waals surface area contributed by atoms with Crippen LogP contribution in [0.4, 0.5) is 0 Å². The molecule has 0 bridgehead atoms. The zero-order valence-electron chi connectivity index (χ0n) is 51.2. The summed E-state index contributed by atoms with van der Waals surface area (Å²) in [7, 11) is 2.71. The number of carbonyl (C=O) groups is 4. The second-order valence-corrected chi connectivity index (χ2v) is 14.8. The van der Waals surface area contributed by atoms with E-state index in [0.717, 1.165) is 11.4 Å². The van der Waals surface area contributed by atoms with Crippen LogP contribution in [0.3, 0.4) is 0 Å². The number of esters is 3. The minimum atomic E-state index is -1.34. The largest absolute Gasteiger partial charge is 1.00 e. The normalized spacial score (nSPS) is 7.73. The number of halogens is 1. The third-order valence-corrected chi connectivity index (χ3v) is 8.86. The summed E-state index contributed by atoms with van der Waals surface area (Å²) in [5.41, 5.74) is 8.18. The van der Waals surface area contributed by atoms with Crippen molar-refractivity contribution in [1.82, 2.24) is 0 Å². The minimum absolute atomic E-state index is 0. The van der Waals surface area contributed by atoms with Gasteiger partial charge in [0.2, 0.25) is 0 Å². The van der Waals surface area contributed by atoms with Crippen LogP contribution < -0.4 is 24.3 Å². The third kappa shape index (κ3) is 63.7. The summed E-state index contributed by atoms with van der Waals surface area (Å²) in [6.45, 7) is 21.2. The fraction of sp³-hybridized carbons (Fsp3) is 0.235. The summed E-state index contributed by atoms with van der Waals surface area (Å²) in [4.78, 5) is 37.8. The summed E-state index contributed by atoms with van der Waals surface area (Å²) in [5, 5.41) is 24.6. The first kappa shape index (κ1) is 94.9. The first-order valence-electron chi connectivity index (χ1n) is 25.9. The van der Waals surface area contributed by atoms with E-state index in [1.165, 1.54) is 75.5 Å². The van der Waals surface area contributed by atoms with Crippen molar-refractivity contribution < 1.29 is 78.4 Å². The molecule has 0 aliphatic carbocycles. The van der Waals surface area contributed by atoms with Gasteiger partial charge >= 0.3 is 43.9 Å². The van der Waals surface area contributed by atoms with E-state index in [4.69, 9.17) is 19.9 Å². The number of benzene rings is 8. The number of carboxylic acid groups (broad SMARTS) is 1. The second-order valence-electron chi connectivity index (χ2n) is 13.9. The Bertz CT molecular complexity index is 2190. The van der Waals surface area contributed by atoms with E-state index in [-0.39, 0.29) is 55.1 Å². The number of aliphatic carboxylic acids is 1. The SMILES string of the molecule is Brc1ccccc1.C.CC.CC.CC.CC.CC(=O)O.COC(C)=O.COC(C)=O.COC(C)=O.O.OB(O)c1ccccc1.[Li+].[OH-].c1ccc(-c2ccccc2)cc1.c1ccc(-c2ccccc2)cc1.c1ccc(-c2ccccc2)cc1. The van der Waals surface area contributed by atoms with Crippen LogP contribution in [0, 0.1) is 0 Å². The maximum Gasteiger partial charge on any atom is 1.00 e. The number of methoxy groups -OCH3 is 3. The predicted molar refractivity (Wildman–Crippen MR) is 350 cm³/mol. The van der Waals surface area contributed by atoms with Gasteiger partial charge in [0.1, 0.15) is 0 Å². The molecule has 0 radical (unpaired) electrons. The van der Waals surface area contributed by atoms with Crippen molar-refractivity contribution in [2.45, 2.75) is 90.5 Å². The zero-order valence-corrected chi connectivity index (χ0v) is 52.8. The van der Waals surface area contributed by atoms with Crippen LogP contribution in [0.25, 0.3) is 33.4 Å². The molecule has 0 aromatic heterocycles. The second kappa shape index (κ2) is 72.6. The Hall–Kier alpha value is -7.38. The maximum absolute atomic E-state index is 9.59. The van der Waals surface area contributed by atoms with Crippen molar-refractivity contribution in [3.63, 3.8) is 0 Å². The van der Waals surface area contributed by atoms with Crippen LogP contribution >= 0.6 is 15.9 Å². The number of hydrogen-bond donors (Lipinski definition) is 3. The average Bonchev–Trinajstić information content (AvgIpc) is 3.52. The van der Waals surface area contributed by atoms with E-state index in [1.807, 2.05) is 128 Å². The monoisotopic (exact) mass is 1200 g/mol. The van der Waals surface area contributed by atoms with Gasteiger partial charge in [0, 0.05) is 32.2 Å². The van der Waals surface area contributed by atoms with Crippen molar-refractivity contribution in [2.75, 3.05) is 21.3 Å². The molecule has 0 spiro atoms. The molecule has 450 valence electrons. The molecule has 0 atom stereocenters. The molecule has 8 aromatic rings. The van der Waals surface area contributed by atoms with Gasteiger partial charge in [-0.25, -0.2) is 0 Å². The van der Waals surface area contributed by atoms with Crippen molar-refractivity contribution in [3.8, 4) is 33.4 Å². The Morgan fingerprint density at radius 1 is 0.349 bits per heavy atom. The van der Waals surface area contributed by atoms with Crippen LogP contribution in [0.15, 0.2) is 247 Å². The molecule has 0 aliphatic rings. The molecule has 0 aliphatic heterocycles. The molecule has 8 rings (SSSR count). The van der Waals surface area contributed by atoms with Crippen LogP contribution in [-0.2, 0) is 33.4 Å². The molecule has 83 heavy (non-hydrogen) atoms. The standard InChI is InChI=1S/3C12H10.C6H7BO2.C6H5Br.3C3H6O2.C2H4O2.4C2H6.CH4.Li.2H2O/c3*1-3-7-11(8-4-1)12-9-5-2-6-10-12;8-7(9)6-4-2-1-3-5-6;7-6-4-2-1-3-5-6;3*1-3(4)5-2;1-2(3)4;4*1-2;;;;/h3*1-10H;1-5,8-9H;1-5H;3*1-2H3;1H3,(H,3,4);4*1-2H3;1H4;;2*1H2/q;;;;;;;;;;;;;;+1;;/p-1. The van der Waals surface area contributed by atoms with E-state index < -0.39 is 13.1 Å². The van der Waals surface area contributed by atoms with Gasteiger partial charge in [0.15, 0.2) is 0 Å². The molecule has 0 fully saturated rings. The van der Waals surface area contributed by atoms with Crippen LogP contribution in [0.5, 0.6) is 0 Å². The zero-order chi connectivity index (χ0) is 60.9. The smallest absolute Gasteiger partial charge is 0.870 e. The van der Waals surface area contributed by atoms with E-state index in [9.17, 15) is 14.4 Å². The fourth-order valence-corrected chi connectivity index (χ4v) is 5.13. The van der Waals surface area contributed by atoms with Gasteiger partial charge in [-0.2, -0.15) is 0 Å². The molecular weight excluding hydrogens is 1110 g/mol. The van der Waals surface area contributed by atoms with Gasteiger partial charge in [-0.15, -0.1) is 0 Å². The first-order chi connectivity index (χ1) is 38.1. The molecular formula is C68H95BBrLiO12. The fourth-order valence-electron chi connectivity index (χ4n) is 4.82. The van der Waals surface area contributed by atoms with Crippen molar-refractivity contribution in [1.29, 1.82) is 0 Å². The molecule has 12 nitrogen and oxygen atoms in total. The minimum Gasteiger partial charge on any atom is -0.870 e. The van der Waals surface area contributed by atoms with Gasteiger partial charge < -0.3 is 40.3 Å². The van der Waals surface area contributed by atoms with Gasteiger partial charge in [0.25, 0.3) is 5.97 Å². The Morgan fingerprint density at radius 3 is 0.554 bits per heavy atom. The predicted octanol–water partition coefficient (Wildman–Crippen LogP) is 13.2. The van der Waals surface area contributed by atoms with Crippen LogP contribution in [-0.4, -0.2) is 78.4 Å². The Morgan fingerprint density at radius 2 is 0.470 bits per heavy atom. The molecule has 0 unspecified atom stereocenters. The van der Waals surface area contributed by atoms with Crippen LogP contribution in [0.2, 0.25) is 0 Å². The third-order valence-electron chi connectivity index (χ3n) is 8.34. The number of carboxylic acids is 1. The van der Waals surface area contributed by atoms with E-state index >= 15 is 0 Å². The molecule has 6 N–H and O–H groups in total. The van der Waals surface area contributed by atoms with Gasteiger partial charge in [-0.05, 0) is 51.0 Å². The number of carbonyl (C=O) groups excluding carboxylic acids is 3. The van der Waals surface area contributed by atoms with Crippen molar-refractivity contribution in [3.05, 3.63) is 247 Å². The molecule has 0 heterocycles. The van der Waals surface area contributed by atoms with E-state index in [2.05, 4.69) is 176 Å². The van der Waals surface area contributed by atoms with Gasteiger partial charge in [-0.1, -0.05) is 309 Å². The number of hydrogen-bond acceptors (Lipinski definition) is 10. The Labute approximate surface area is 520 Å². The van der Waals surface area contributed by atoms with Crippen LogP contribution in [0.1, 0.15) is 90.5 Å². The summed E-state index contributed by atoms with van der Waals surface area (Å²) in [6, 6.07) is 81.0. The average molecular weight is 1200 g/mol. The molecule has 0 saturated heterocycles.